The Balaban J connectivity index is 2.03. The van der Waals surface area contributed by atoms with E-state index in [-0.39, 0.29) is 18.3 Å². The van der Waals surface area contributed by atoms with E-state index in [0.29, 0.717) is 23.5 Å². The van der Waals surface area contributed by atoms with Crippen LogP contribution >= 0.6 is 0 Å². The molecule has 0 aliphatic carbocycles. The minimum Gasteiger partial charge on any atom is -0.491 e. The van der Waals surface area contributed by atoms with Gasteiger partial charge in [0.1, 0.15) is 18.1 Å². The van der Waals surface area contributed by atoms with Gasteiger partial charge in [-0.15, -0.1) is 0 Å². The number of esters is 1. The summed E-state index contributed by atoms with van der Waals surface area (Å²) in [5.74, 6) is 0.288. The predicted molar refractivity (Wildman–Crippen MR) is 99.9 cm³/mol. The summed E-state index contributed by atoms with van der Waals surface area (Å²) in [7, 11) is 0. The summed E-state index contributed by atoms with van der Waals surface area (Å²) in [6, 6.07) is 13.0. The Bertz CT molecular complexity index is 861. The van der Waals surface area contributed by atoms with Crippen LogP contribution in [0.3, 0.4) is 0 Å². The van der Waals surface area contributed by atoms with Gasteiger partial charge in [-0.3, -0.25) is 9.59 Å². The van der Waals surface area contributed by atoms with Crippen molar-refractivity contribution in [2.75, 3.05) is 6.61 Å². The zero-order valence-electron chi connectivity index (χ0n) is 15.2. The van der Waals surface area contributed by atoms with Crippen molar-refractivity contribution >= 4 is 11.8 Å². The van der Waals surface area contributed by atoms with E-state index in [1.807, 2.05) is 50.3 Å². The van der Waals surface area contributed by atoms with Crippen LogP contribution in [0.5, 0.6) is 11.5 Å². The molecule has 134 valence electrons. The highest BCUT2D eigenvalue weighted by Crippen LogP contribution is 2.39. The third-order valence-corrected chi connectivity index (χ3v) is 4.36. The number of rotatable bonds is 4. The van der Waals surface area contributed by atoms with Crippen LogP contribution in [-0.4, -0.2) is 18.4 Å². The minimum absolute atomic E-state index is 0.0327. The van der Waals surface area contributed by atoms with Gasteiger partial charge in [-0.25, -0.2) is 0 Å². The van der Waals surface area contributed by atoms with Gasteiger partial charge in [0.2, 0.25) is 0 Å². The maximum absolute atomic E-state index is 13.0. The van der Waals surface area contributed by atoms with Crippen molar-refractivity contribution in [3.8, 4) is 11.5 Å². The fourth-order valence-corrected chi connectivity index (χ4v) is 3.08. The molecule has 0 N–H and O–H groups in total. The number of hydrogen-bond donors (Lipinski definition) is 0. The van der Waals surface area contributed by atoms with E-state index in [1.54, 1.807) is 12.1 Å². The van der Waals surface area contributed by atoms with Gasteiger partial charge in [0.05, 0.1) is 11.5 Å². The first kappa shape index (κ1) is 17.9. The zero-order chi connectivity index (χ0) is 18.7. The fourth-order valence-electron chi connectivity index (χ4n) is 3.08. The maximum atomic E-state index is 13.0. The number of carbonyl (C=O) groups excluding carboxylic acids is 2. The molecule has 0 fully saturated rings. The molecule has 1 aliphatic rings. The Morgan fingerprint density at radius 1 is 1.15 bits per heavy atom. The molecular formula is C22H22O4. The van der Waals surface area contributed by atoms with Crippen LogP contribution in [0.1, 0.15) is 48.2 Å². The highest BCUT2D eigenvalue weighted by molar-refractivity contribution is 6.05. The second kappa shape index (κ2) is 7.56. The highest BCUT2D eigenvalue weighted by atomic mass is 16.5. The molecule has 1 atom stereocenters. The standard InChI is InChI=1S/C22H22O4/c1-14(2)9-10-17-20(26-15(3)23)12-11-18-21(24)19(13-25-22(17)18)16-7-5-4-6-8-16/h4-9,11-12,19H,10,13H2,1-3H3/t19-/m0/s1. The molecule has 0 saturated carbocycles. The lowest BCUT2D eigenvalue weighted by molar-refractivity contribution is -0.131. The fraction of sp³-hybridized carbons (Fsp3) is 0.273. The number of ketones is 1. The van der Waals surface area contributed by atoms with Crippen molar-refractivity contribution in [3.05, 3.63) is 70.8 Å². The van der Waals surface area contributed by atoms with Crippen LogP contribution in [-0.2, 0) is 11.2 Å². The van der Waals surface area contributed by atoms with Crippen LogP contribution in [0.15, 0.2) is 54.1 Å². The number of hydrogen-bond acceptors (Lipinski definition) is 4. The number of fused-ring (bicyclic) bond motifs is 1. The van der Waals surface area contributed by atoms with Gasteiger partial charge in [0.15, 0.2) is 5.78 Å². The smallest absolute Gasteiger partial charge is 0.308 e. The van der Waals surface area contributed by atoms with Gasteiger partial charge in [0, 0.05) is 12.5 Å². The minimum atomic E-state index is -0.396. The molecule has 0 spiro atoms. The third kappa shape index (κ3) is 3.69. The number of benzene rings is 2. The summed E-state index contributed by atoms with van der Waals surface area (Å²) in [5, 5.41) is 0. The quantitative estimate of drug-likeness (QED) is 0.463. The monoisotopic (exact) mass is 350 g/mol. The van der Waals surface area contributed by atoms with Crippen LogP contribution in [0, 0.1) is 0 Å². The highest BCUT2D eigenvalue weighted by Gasteiger charge is 2.32. The Hall–Kier alpha value is -2.88. The molecule has 0 radical (unpaired) electrons. The Kier molecular flexibility index (Phi) is 5.21. The molecule has 2 aromatic rings. The van der Waals surface area contributed by atoms with Gasteiger partial charge < -0.3 is 9.47 Å². The summed E-state index contributed by atoms with van der Waals surface area (Å²) >= 11 is 0. The SMILES string of the molecule is CC(=O)Oc1ccc2c(c1CC=C(C)C)OC[C@@H](c1ccccc1)C2=O. The average molecular weight is 350 g/mol. The van der Waals surface area contributed by atoms with Gasteiger partial charge in [-0.05, 0) is 38.0 Å². The van der Waals surface area contributed by atoms with E-state index < -0.39 is 5.97 Å². The molecule has 0 aromatic heterocycles. The van der Waals surface area contributed by atoms with Crippen molar-refractivity contribution in [1.29, 1.82) is 0 Å². The first-order valence-corrected chi connectivity index (χ1v) is 8.67. The molecule has 0 bridgehead atoms. The van der Waals surface area contributed by atoms with Crippen LogP contribution in [0.4, 0.5) is 0 Å². The maximum Gasteiger partial charge on any atom is 0.308 e. The number of ether oxygens (including phenoxy) is 2. The first-order valence-electron chi connectivity index (χ1n) is 8.67. The van der Waals surface area contributed by atoms with Crippen molar-refractivity contribution in [1.82, 2.24) is 0 Å². The van der Waals surface area contributed by atoms with Crippen LogP contribution < -0.4 is 9.47 Å². The van der Waals surface area contributed by atoms with E-state index in [2.05, 4.69) is 0 Å². The van der Waals surface area contributed by atoms with Crippen molar-refractivity contribution in [3.63, 3.8) is 0 Å². The second-order valence-electron chi connectivity index (χ2n) is 6.64. The molecule has 1 aliphatic heterocycles. The predicted octanol–water partition coefficient (Wildman–Crippen LogP) is 4.48. The lowest BCUT2D eigenvalue weighted by atomic mass is 9.87. The number of Topliss-reactive ketones (excluding diaryl/α,β-unsaturated/α-hetero) is 1. The molecule has 0 unspecified atom stereocenters. The van der Waals surface area contributed by atoms with E-state index in [4.69, 9.17) is 9.47 Å². The van der Waals surface area contributed by atoms with Gasteiger partial charge in [-0.2, -0.15) is 0 Å². The molecule has 26 heavy (non-hydrogen) atoms. The molecule has 1 heterocycles. The Morgan fingerprint density at radius 3 is 2.54 bits per heavy atom. The van der Waals surface area contributed by atoms with E-state index in [9.17, 15) is 9.59 Å². The molecule has 3 rings (SSSR count). The summed E-state index contributed by atoms with van der Waals surface area (Å²) in [4.78, 5) is 24.5. The molecular weight excluding hydrogens is 328 g/mol. The van der Waals surface area contributed by atoms with Gasteiger partial charge in [0.25, 0.3) is 0 Å². The lowest BCUT2D eigenvalue weighted by Gasteiger charge is -2.27. The summed E-state index contributed by atoms with van der Waals surface area (Å²) < 4.78 is 11.3. The second-order valence-corrected chi connectivity index (χ2v) is 6.64. The van der Waals surface area contributed by atoms with Crippen molar-refractivity contribution in [2.24, 2.45) is 0 Å². The summed E-state index contributed by atoms with van der Waals surface area (Å²) in [6.45, 7) is 5.64. The van der Waals surface area contributed by atoms with Gasteiger partial charge >= 0.3 is 5.97 Å². The van der Waals surface area contributed by atoms with E-state index >= 15 is 0 Å². The number of carbonyl (C=O) groups is 2. The van der Waals surface area contributed by atoms with Crippen LogP contribution in [0.25, 0.3) is 0 Å². The first-order chi connectivity index (χ1) is 12.5. The third-order valence-electron chi connectivity index (χ3n) is 4.36. The molecule has 2 aromatic carbocycles. The number of allylic oxidation sites excluding steroid dienone is 2. The lowest BCUT2D eigenvalue weighted by Crippen LogP contribution is -2.27. The molecule has 0 amide bonds. The zero-order valence-corrected chi connectivity index (χ0v) is 15.2. The van der Waals surface area contributed by atoms with E-state index in [1.165, 1.54) is 6.92 Å². The largest absolute Gasteiger partial charge is 0.491 e. The molecule has 4 nitrogen and oxygen atoms in total. The molecule has 0 saturated heterocycles. The topological polar surface area (TPSA) is 52.6 Å². The Morgan fingerprint density at radius 2 is 1.88 bits per heavy atom. The summed E-state index contributed by atoms with van der Waals surface area (Å²) in [5.41, 5.74) is 3.36. The van der Waals surface area contributed by atoms with E-state index in [0.717, 1.165) is 16.7 Å². The van der Waals surface area contributed by atoms with Crippen LogP contribution in [0.2, 0.25) is 0 Å². The average Bonchev–Trinajstić information content (AvgIpc) is 2.61. The van der Waals surface area contributed by atoms with Gasteiger partial charge in [-0.1, -0.05) is 42.0 Å². The summed E-state index contributed by atoms with van der Waals surface area (Å²) in [6.07, 6.45) is 2.57. The molecule has 4 heteroatoms. The van der Waals surface area contributed by atoms with Crippen molar-refractivity contribution in [2.45, 2.75) is 33.1 Å². The van der Waals surface area contributed by atoms with Crippen molar-refractivity contribution < 1.29 is 19.1 Å². The normalized spacial score (nSPS) is 15.7. The Labute approximate surface area is 153 Å².